The Balaban J connectivity index is 1.52. The van der Waals surface area contributed by atoms with Gasteiger partial charge in [0.2, 0.25) is 11.8 Å². The van der Waals surface area contributed by atoms with Crippen molar-refractivity contribution in [1.29, 1.82) is 0 Å². The van der Waals surface area contributed by atoms with Gasteiger partial charge in [-0.05, 0) is 51.3 Å². The van der Waals surface area contributed by atoms with E-state index in [1.54, 1.807) is 6.07 Å². The Hall–Kier alpha value is -2.65. The largest absolute Gasteiger partial charge is 0.323 e. The number of fused-ring (bicyclic) bond motifs is 2. The molecule has 1 aliphatic carbocycles. The maximum Gasteiger partial charge on any atom is 0.263 e. The predicted molar refractivity (Wildman–Crippen MR) is 134 cm³/mol. The number of aryl methyl sites for hydroxylation is 2. The van der Waals surface area contributed by atoms with Gasteiger partial charge in [0.1, 0.15) is 11.4 Å². The van der Waals surface area contributed by atoms with Crippen LogP contribution >= 0.6 is 23.1 Å². The van der Waals surface area contributed by atoms with E-state index in [2.05, 4.69) is 5.32 Å². The predicted octanol–water partition coefficient (Wildman–Crippen LogP) is 4.66. The average molecular weight is 483 g/mol. The van der Waals surface area contributed by atoms with E-state index in [0.717, 1.165) is 41.0 Å². The van der Waals surface area contributed by atoms with E-state index in [9.17, 15) is 14.4 Å². The lowest BCUT2D eigenvalue weighted by Gasteiger charge is -2.31. The van der Waals surface area contributed by atoms with Crippen LogP contribution in [-0.2, 0) is 9.59 Å². The number of carbonyl (C=O) groups is 2. The highest BCUT2D eigenvalue weighted by Crippen LogP contribution is 2.37. The molecule has 9 heteroatoms. The molecule has 1 aromatic carbocycles. The van der Waals surface area contributed by atoms with Crippen LogP contribution in [0.4, 0.5) is 11.4 Å². The molecule has 2 amide bonds. The molecular weight excluding hydrogens is 456 g/mol. The maximum absolute atomic E-state index is 13.6. The summed E-state index contributed by atoms with van der Waals surface area (Å²) in [5.41, 5.74) is 2.32. The van der Waals surface area contributed by atoms with Gasteiger partial charge in [0, 0.05) is 10.9 Å². The summed E-state index contributed by atoms with van der Waals surface area (Å²) in [5.74, 6) is -0.389. The van der Waals surface area contributed by atoms with Gasteiger partial charge in [-0.15, -0.1) is 11.3 Å². The Labute approximate surface area is 200 Å². The summed E-state index contributed by atoms with van der Waals surface area (Å²) in [6.45, 7) is 5.79. The van der Waals surface area contributed by atoms with E-state index in [0.29, 0.717) is 21.9 Å². The second kappa shape index (κ2) is 8.61. The van der Waals surface area contributed by atoms with Crippen molar-refractivity contribution in [3.05, 3.63) is 45.1 Å². The van der Waals surface area contributed by atoms with Gasteiger partial charge >= 0.3 is 0 Å². The van der Waals surface area contributed by atoms with Gasteiger partial charge in [0.25, 0.3) is 5.56 Å². The molecular formula is C24H26N4O3S2. The average Bonchev–Trinajstić information content (AvgIpc) is 3.41. The molecule has 1 aliphatic heterocycles. The molecule has 1 saturated carbocycles. The minimum atomic E-state index is -0.511. The van der Waals surface area contributed by atoms with Crippen molar-refractivity contribution < 1.29 is 9.59 Å². The monoisotopic (exact) mass is 482 g/mol. The van der Waals surface area contributed by atoms with Crippen LogP contribution in [0.15, 0.2) is 34.2 Å². The van der Waals surface area contributed by atoms with Crippen molar-refractivity contribution in [2.75, 3.05) is 16.8 Å². The van der Waals surface area contributed by atoms with Crippen LogP contribution < -0.4 is 15.8 Å². The molecule has 5 rings (SSSR count). The number of carbonyl (C=O) groups excluding carboxylic acids is 2. The molecule has 172 valence electrons. The number of amides is 2. The van der Waals surface area contributed by atoms with Gasteiger partial charge < -0.3 is 5.32 Å². The molecule has 0 unspecified atom stereocenters. The smallest absolute Gasteiger partial charge is 0.263 e. The first-order chi connectivity index (χ1) is 15.8. The van der Waals surface area contributed by atoms with Crippen LogP contribution in [-0.4, -0.2) is 33.2 Å². The van der Waals surface area contributed by atoms with Crippen molar-refractivity contribution >= 4 is 56.5 Å². The highest BCUT2D eigenvalue weighted by atomic mass is 32.2. The second-order valence-electron chi connectivity index (χ2n) is 8.72. The van der Waals surface area contributed by atoms with Gasteiger partial charge in [-0.3, -0.25) is 23.9 Å². The lowest BCUT2D eigenvalue weighted by atomic mass is 10.2. The Morgan fingerprint density at radius 1 is 1.21 bits per heavy atom. The van der Waals surface area contributed by atoms with Gasteiger partial charge in [-0.25, -0.2) is 4.98 Å². The first-order valence-electron chi connectivity index (χ1n) is 11.2. The zero-order valence-electron chi connectivity index (χ0n) is 18.9. The number of hydrogen-bond acceptors (Lipinski definition) is 6. The van der Waals surface area contributed by atoms with Crippen LogP contribution in [0.2, 0.25) is 0 Å². The molecule has 3 aromatic rings. The van der Waals surface area contributed by atoms with Crippen molar-refractivity contribution in [3.8, 4) is 0 Å². The zero-order chi connectivity index (χ0) is 23.3. The number of thioether (sulfide) groups is 1. The lowest BCUT2D eigenvalue weighted by molar-refractivity contribution is -0.121. The quantitative estimate of drug-likeness (QED) is 0.432. The number of rotatable bonds is 4. The Kier molecular flexibility index (Phi) is 5.78. The number of thiophene rings is 1. The van der Waals surface area contributed by atoms with E-state index in [-0.39, 0.29) is 30.0 Å². The number of hydrogen-bond donors (Lipinski definition) is 1. The lowest BCUT2D eigenvalue weighted by Crippen LogP contribution is -2.45. The molecule has 0 spiro atoms. The van der Waals surface area contributed by atoms with Crippen molar-refractivity contribution in [1.82, 2.24) is 9.55 Å². The fourth-order valence-corrected chi connectivity index (χ4v) is 6.82. The first kappa shape index (κ1) is 22.2. The molecule has 0 radical (unpaired) electrons. The summed E-state index contributed by atoms with van der Waals surface area (Å²) in [6, 6.07) is 7.41. The summed E-state index contributed by atoms with van der Waals surface area (Å²) in [4.78, 5) is 47.5. The third kappa shape index (κ3) is 3.87. The zero-order valence-corrected chi connectivity index (χ0v) is 20.5. The summed E-state index contributed by atoms with van der Waals surface area (Å²) >= 11 is 2.84. The minimum absolute atomic E-state index is 0.00130. The van der Waals surface area contributed by atoms with E-state index < -0.39 is 5.25 Å². The van der Waals surface area contributed by atoms with Gasteiger partial charge in [0.15, 0.2) is 5.16 Å². The number of anilines is 2. The van der Waals surface area contributed by atoms with Gasteiger partial charge in [0.05, 0.1) is 22.0 Å². The van der Waals surface area contributed by atoms with Crippen LogP contribution in [0.25, 0.3) is 10.2 Å². The highest BCUT2D eigenvalue weighted by molar-refractivity contribution is 8.00. The molecule has 7 nitrogen and oxygen atoms in total. The molecule has 1 atom stereocenters. The summed E-state index contributed by atoms with van der Waals surface area (Å²) in [7, 11) is 0. The minimum Gasteiger partial charge on any atom is -0.323 e. The number of para-hydroxylation sites is 2. The molecule has 1 fully saturated rings. The third-order valence-electron chi connectivity index (χ3n) is 6.56. The van der Waals surface area contributed by atoms with E-state index >= 15 is 0 Å². The molecule has 0 saturated heterocycles. The molecule has 1 N–H and O–H groups in total. The SMILES string of the molecule is Cc1sc2nc(S[C@H](C)C(=O)N3CC(=O)Nc4ccccc43)n(C3CCCC3)c(=O)c2c1C. The van der Waals surface area contributed by atoms with Crippen molar-refractivity contribution in [2.45, 2.75) is 62.9 Å². The number of nitrogens with zero attached hydrogens (tertiary/aromatic N) is 3. The van der Waals surface area contributed by atoms with E-state index in [1.807, 2.05) is 43.5 Å². The molecule has 2 aliphatic rings. The number of aromatic nitrogens is 2. The fraction of sp³-hybridized carbons (Fsp3) is 0.417. The Bertz CT molecular complexity index is 1320. The molecule has 3 heterocycles. The third-order valence-corrected chi connectivity index (χ3v) is 8.71. The molecule has 33 heavy (non-hydrogen) atoms. The standard InChI is InChI=1S/C24H26N4O3S2/c1-13-14(2)32-21-20(13)23(31)28(16-8-4-5-9-16)24(26-21)33-15(3)22(30)27-12-19(29)25-17-10-6-7-11-18(17)27/h6-7,10-11,15-16H,4-5,8-9,12H2,1-3H3,(H,25,29)/t15-/m1/s1. The van der Waals surface area contributed by atoms with Crippen LogP contribution in [0.1, 0.15) is 49.1 Å². The maximum atomic E-state index is 13.6. The van der Waals surface area contributed by atoms with Crippen LogP contribution in [0.3, 0.4) is 0 Å². The van der Waals surface area contributed by atoms with E-state index in [1.165, 1.54) is 28.0 Å². The van der Waals surface area contributed by atoms with Crippen LogP contribution in [0.5, 0.6) is 0 Å². The van der Waals surface area contributed by atoms with Crippen molar-refractivity contribution in [2.24, 2.45) is 0 Å². The fourth-order valence-electron chi connectivity index (χ4n) is 4.71. The molecule has 2 aromatic heterocycles. The first-order valence-corrected chi connectivity index (χ1v) is 12.9. The number of benzene rings is 1. The summed E-state index contributed by atoms with van der Waals surface area (Å²) in [5, 5.41) is 3.60. The van der Waals surface area contributed by atoms with Crippen molar-refractivity contribution in [3.63, 3.8) is 0 Å². The Morgan fingerprint density at radius 3 is 2.70 bits per heavy atom. The highest BCUT2D eigenvalue weighted by Gasteiger charge is 2.32. The van der Waals surface area contributed by atoms with E-state index in [4.69, 9.17) is 4.98 Å². The van der Waals surface area contributed by atoms with Gasteiger partial charge in [-0.1, -0.05) is 36.7 Å². The summed E-state index contributed by atoms with van der Waals surface area (Å²) < 4.78 is 1.83. The normalized spacial score (nSPS) is 17.3. The summed E-state index contributed by atoms with van der Waals surface area (Å²) in [6.07, 6.45) is 4.08. The second-order valence-corrected chi connectivity index (χ2v) is 11.2. The van der Waals surface area contributed by atoms with Crippen LogP contribution in [0, 0.1) is 13.8 Å². The van der Waals surface area contributed by atoms with Gasteiger partial charge in [-0.2, -0.15) is 0 Å². The topological polar surface area (TPSA) is 84.3 Å². The molecule has 0 bridgehead atoms. The Morgan fingerprint density at radius 2 is 1.94 bits per heavy atom. The number of nitrogens with one attached hydrogen (secondary N) is 1.